The molecule has 1 aliphatic heterocycles. The first-order valence-corrected chi connectivity index (χ1v) is 10.4. The lowest BCUT2D eigenvalue weighted by atomic mass is 10.1. The van der Waals surface area contributed by atoms with Crippen LogP contribution in [0.4, 0.5) is 5.69 Å². The van der Waals surface area contributed by atoms with Crippen LogP contribution in [0.15, 0.2) is 35.3 Å². The minimum Gasteiger partial charge on any atom is -0.369 e. The lowest BCUT2D eigenvalue weighted by Crippen LogP contribution is -2.51. The third-order valence-electron chi connectivity index (χ3n) is 4.37. The Morgan fingerprint density at radius 1 is 1.32 bits per heavy atom. The number of guanidine groups is 1. The van der Waals surface area contributed by atoms with Crippen LogP contribution in [0.5, 0.6) is 0 Å². The number of nitrogens with zero attached hydrogens (tertiary/aromatic N) is 2. The van der Waals surface area contributed by atoms with Gasteiger partial charge in [-0.2, -0.15) is 0 Å². The van der Waals surface area contributed by atoms with E-state index in [1.807, 2.05) is 20.8 Å². The normalized spacial score (nSPS) is 20.2. The van der Waals surface area contributed by atoms with Crippen molar-refractivity contribution in [3.05, 3.63) is 30.3 Å². The van der Waals surface area contributed by atoms with Gasteiger partial charge in [0.1, 0.15) is 0 Å². The summed E-state index contributed by atoms with van der Waals surface area (Å²) in [5.74, 6) is 1.43. The highest BCUT2D eigenvalue weighted by Gasteiger charge is 2.21. The first-order chi connectivity index (χ1) is 11.9. The van der Waals surface area contributed by atoms with Gasteiger partial charge in [-0.15, -0.1) is 0 Å². The Hall–Kier alpha value is -1.56. The van der Waals surface area contributed by atoms with Crippen LogP contribution in [0, 0.1) is 0 Å². The van der Waals surface area contributed by atoms with Crippen molar-refractivity contribution >= 4 is 22.4 Å². The summed E-state index contributed by atoms with van der Waals surface area (Å²) in [7, 11) is 0.939. The quantitative estimate of drug-likeness (QED) is 0.622. The van der Waals surface area contributed by atoms with Crippen LogP contribution >= 0.6 is 0 Å². The maximum atomic E-state index is 12.1. The summed E-state index contributed by atoms with van der Waals surface area (Å²) in [5.41, 5.74) is 1.28. The topological polar surface area (TPSA) is 56.7 Å². The lowest BCUT2D eigenvalue weighted by Gasteiger charge is -2.35. The summed E-state index contributed by atoms with van der Waals surface area (Å²) in [6.45, 7) is 8.76. The number of rotatable bonds is 5. The molecule has 0 radical (unpaired) electrons. The number of hydrogen-bond donors (Lipinski definition) is 2. The average Bonchev–Trinajstić information content (AvgIpc) is 2.61. The molecule has 5 nitrogen and oxygen atoms in total. The number of benzene rings is 1. The van der Waals surface area contributed by atoms with Gasteiger partial charge in [-0.25, -0.2) is 0 Å². The highest BCUT2D eigenvalue weighted by molar-refractivity contribution is 7.86. The zero-order chi connectivity index (χ0) is 18.3. The Labute approximate surface area is 154 Å². The maximum Gasteiger partial charge on any atom is 0.191 e. The Kier molecular flexibility index (Phi) is 7.29. The molecule has 2 rings (SSSR count). The molecule has 25 heavy (non-hydrogen) atoms. The molecule has 140 valence electrons. The van der Waals surface area contributed by atoms with Crippen molar-refractivity contribution in [2.75, 3.05) is 37.3 Å². The number of nitrogens with one attached hydrogen (secondary N) is 2. The minimum absolute atomic E-state index is 0.168. The third-order valence-corrected chi connectivity index (χ3v) is 6.31. The molecule has 2 N–H and O–H groups in total. The van der Waals surface area contributed by atoms with Crippen molar-refractivity contribution in [3.63, 3.8) is 0 Å². The molecule has 6 heteroatoms. The molecule has 0 spiro atoms. The molecule has 0 bridgehead atoms. The van der Waals surface area contributed by atoms with E-state index in [-0.39, 0.29) is 4.75 Å². The van der Waals surface area contributed by atoms with Crippen LogP contribution in [0.3, 0.4) is 0 Å². The van der Waals surface area contributed by atoms with E-state index in [1.54, 1.807) is 7.05 Å². The van der Waals surface area contributed by atoms with Gasteiger partial charge in [0.15, 0.2) is 5.96 Å². The fraction of sp³-hybridized carbons (Fsp3) is 0.632. The molecular weight excluding hydrogens is 332 g/mol. The fourth-order valence-corrected chi connectivity index (χ4v) is 3.82. The maximum absolute atomic E-state index is 12.1. The van der Waals surface area contributed by atoms with Gasteiger partial charge < -0.3 is 15.5 Å². The standard InChI is InChI=1S/C19H32N4OS/c1-19(2,3)25(24)14-12-21-18(20-4)22-16-9-8-13-23(15-16)17-10-6-5-7-11-17/h5-7,10-11,16H,8-9,12-15H2,1-4H3,(H2,20,21,22). The van der Waals surface area contributed by atoms with E-state index in [4.69, 9.17) is 0 Å². The van der Waals surface area contributed by atoms with E-state index in [0.717, 1.165) is 31.9 Å². The van der Waals surface area contributed by atoms with Crippen LogP contribution in [0.1, 0.15) is 33.6 Å². The highest BCUT2D eigenvalue weighted by Crippen LogP contribution is 2.19. The Balaban J connectivity index is 1.82. The summed E-state index contributed by atoms with van der Waals surface area (Å²) >= 11 is 0. The summed E-state index contributed by atoms with van der Waals surface area (Å²) in [5, 5.41) is 6.82. The van der Waals surface area contributed by atoms with Crippen molar-refractivity contribution in [2.45, 2.75) is 44.4 Å². The molecule has 2 unspecified atom stereocenters. The number of aliphatic imine (C=N–C) groups is 1. The monoisotopic (exact) mass is 364 g/mol. The number of para-hydroxylation sites is 1. The molecule has 1 heterocycles. The first kappa shape index (κ1) is 19.8. The molecular formula is C19H32N4OS. The van der Waals surface area contributed by atoms with E-state index in [2.05, 4.69) is 50.9 Å². The molecule has 1 aliphatic rings. The van der Waals surface area contributed by atoms with Gasteiger partial charge in [0.25, 0.3) is 0 Å². The predicted octanol–water partition coefficient (Wildman–Crippen LogP) is 2.37. The second kappa shape index (κ2) is 9.22. The molecule has 0 amide bonds. The zero-order valence-electron chi connectivity index (χ0n) is 15.9. The second-order valence-corrected chi connectivity index (χ2v) is 9.75. The number of hydrogen-bond acceptors (Lipinski definition) is 3. The van der Waals surface area contributed by atoms with Gasteiger partial charge in [0.2, 0.25) is 0 Å². The van der Waals surface area contributed by atoms with E-state index in [0.29, 0.717) is 18.3 Å². The van der Waals surface area contributed by atoms with Crippen LogP contribution in [-0.2, 0) is 10.8 Å². The molecule has 0 aliphatic carbocycles. The van der Waals surface area contributed by atoms with Gasteiger partial charge in [0, 0.05) is 59.7 Å². The van der Waals surface area contributed by atoms with Gasteiger partial charge in [0.05, 0.1) is 0 Å². The van der Waals surface area contributed by atoms with Gasteiger partial charge >= 0.3 is 0 Å². The minimum atomic E-state index is -0.847. The molecule has 0 aromatic heterocycles. The van der Waals surface area contributed by atoms with Crippen molar-refractivity contribution in [1.82, 2.24) is 10.6 Å². The summed E-state index contributed by atoms with van der Waals surface area (Å²) in [6.07, 6.45) is 2.30. The van der Waals surface area contributed by atoms with Crippen molar-refractivity contribution in [2.24, 2.45) is 4.99 Å². The van der Waals surface area contributed by atoms with E-state index < -0.39 is 10.8 Å². The zero-order valence-corrected chi connectivity index (χ0v) is 16.7. The summed E-state index contributed by atoms with van der Waals surface area (Å²) in [6, 6.07) is 10.9. The Bertz CT molecular complexity index is 583. The first-order valence-electron chi connectivity index (χ1n) is 9.06. The molecule has 0 saturated carbocycles. The summed E-state index contributed by atoms with van der Waals surface area (Å²) < 4.78 is 12.0. The largest absolute Gasteiger partial charge is 0.369 e. The van der Waals surface area contributed by atoms with Gasteiger partial charge in [-0.3, -0.25) is 9.20 Å². The van der Waals surface area contributed by atoms with E-state index >= 15 is 0 Å². The van der Waals surface area contributed by atoms with Gasteiger partial charge in [-0.1, -0.05) is 18.2 Å². The van der Waals surface area contributed by atoms with Crippen LogP contribution in [0.2, 0.25) is 0 Å². The van der Waals surface area contributed by atoms with Crippen LogP contribution in [-0.4, -0.2) is 53.4 Å². The predicted molar refractivity (Wildman–Crippen MR) is 109 cm³/mol. The SMILES string of the molecule is CN=C(NCCS(=O)C(C)(C)C)NC1CCCN(c2ccccc2)C1. The van der Waals surface area contributed by atoms with Crippen LogP contribution < -0.4 is 15.5 Å². The lowest BCUT2D eigenvalue weighted by molar-refractivity contribution is 0.468. The Morgan fingerprint density at radius 3 is 2.68 bits per heavy atom. The molecule has 1 saturated heterocycles. The van der Waals surface area contributed by atoms with E-state index in [1.165, 1.54) is 5.69 Å². The van der Waals surface area contributed by atoms with E-state index in [9.17, 15) is 4.21 Å². The van der Waals surface area contributed by atoms with Gasteiger partial charge in [-0.05, 0) is 45.7 Å². The average molecular weight is 365 g/mol. The fourth-order valence-electron chi connectivity index (χ4n) is 2.92. The third kappa shape index (κ3) is 6.34. The number of piperidine rings is 1. The van der Waals surface area contributed by atoms with Crippen LogP contribution in [0.25, 0.3) is 0 Å². The van der Waals surface area contributed by atoms with Crippen molar-refractivity contribution in [1.29, 1.82) is 0 Å². The number of anilines is 1. The van der Waals surface area contributed by atoms with Crippen molar-refractivity contribution in [3.8, 4) is 0 Å². The molecule has 2 atom stereocenters. The highest BCUT2D eigenvalue weighted by atomic mass is 32.2. The Morgan fingerprint density at radius 2 is 2.04 bits per heavy atom. The second-order valence-electron chi connectivity index (χ2n) is 7.43. The van der Waals surface area contributed by atoms with Crippen molar-refractivity contribution < 1.29 is 4.21 Å². The molecule has 1 aromatic rings. The molecule has 1 fully saturated rings. The smallest absolute Gasteiger partial charge is 0.191 e. The molecule has 1 aromatic carbocycles. The summed E-state index contributed by atoms with van der Waals surface area (Å²) in [4.78, 5) is 6.74.